The van der Waals surface area contributed by atoms with Gasteiger partial charge < -0.3 is 20.7 Å². The molecule has 1 saturated heterocycles. The van der Waals surface area contributed by atoms with Crippen LogP contribution in [-0.4, -0.2) is 53.6 Å². The lowest BCUT2D eigenvalue weighted by atomic mass is 9.95. The average molecular weight is 668 g/mol. The number of amides is 2. The summed E-state index contributed by atoms with van der Waals surface area (Å²) in [6.07, 6.45) is 11.0. The lowest BCUT2D eigenvalue weighted by Crippen LogP contribution is -2.51. The molecule has 0 bridgehead atoms. The zero-order valence-corrected chi connectivity index (χ0v) is 29.5. The first-order valence-corrected chi connectivity index (χ1v) is 18.1. The molecular weight excluding hydrogens is 619 g/mol. The Morgan fingerprint density at radius 3 is 2.27 bits per heavy atom. The molecule has 4 aromatic rings. The van der Waals surface area contributed by atoms with Crippen LogP contribution in [0.15, 0.2) is 73.1 Å². The average Bonchev–Trinajstić information content (AvgIpc) is 3.80. The fourth-order valence-electron chi connectivity index (χ4n) is 5.67. The number of nitrogens with one attached hydrogen (secondary N) is 3. The van der Waals surface area contributed by atoms with Crippen LogP contribution in [0.25, 0.3) is 22.5 Å². The minimum absolute atomic E-state index is 0.0467. The standard InChI is InChI=1S/C39H49N5O3S/c1-5-6-7-8-9-22-47-32-16-14-28(15-17-32)30-24-41-36(42-25-30)29-12-10-27(11-13-29)23-33(37(45)43-31-20-21-40-26-31)44-38(46)34-18-19-35(48-34)39(2,3)4/h10-19,24-25,31,33,40H,5-9,20-23,26H2,1-4H3,(H,43,45)(H,44,46)/t31?,33-/m0/s1. The number of carbonyl (C=O) groups is 2. The van der Waals surface area contributed by atoms with Gasteiger partial charge in [0.15, 0.2) is 5.82 Å². The smallest absolute Gasteiger partial charge is 0.262 e. The van der Waals surface area contributed by atoms with E-state index in [0.717, 1.165) is 65.4 Å². The molecule has 2 aromatic carbocycles. The van der Waals surface area contributed by atoms with E-state index < -0.39 is 6.04 Å². The molecule has 2 amide bonds. The van der Waals surface area contributed by atoms with Gasteiger partial charge in [0.2, 0.25) is 5.91 Å². The summed E-state index contributed by atoms with van der Waals surface area (Å²) in [6, 6.07) is 19.1. The summed E-state index contributed by atoms with van der Waals surface area (Å²) >= 11 is 1.47. The first kappa shape index (κ1) is 35.2. The zero-order chi connectivity index (χ0) is 33.9. The van der Waals surface area contributed by atoms with Gasteiger partial charge in [-0.2, -0.15) is 0 Å². The molecule has 1 fully saturated rings. The molecule has 0 spiro atoms. The Bertz CT molecular complexity index is 1610. The number of benzene rings is 2. The second kappa shape index (κ2) is 16.8. The number of carbonyl (C=O) groups excluding carboxylic acids is 2. The highest BCUT2D eigenvalue weighted by molar-refractivity contribution is 7.14. The van der Waals surface area contributed by atoms with Gasteiger partial charge in [-0.25, -0.2) is 9.97 Å². The normalized spacial score (nSPS) is 15.2. The van der Waals surface area contributed by atoms with Gasteiger partial charge in [0, 0.05) is 47.4 Å². The molecule has 0 aliphatic carbocycles. The maximum atomic E-state index is 13.4. The van der Waals surface area contributed by atoms with Gasteiger partial charge in [0.05, 0.1) is 11.5 Å². The van der Waals surface area contributed by atoms with Gasteiger partial charge in [0.25, 0.3) is 5.91 Å². The van der Waals surface area contributed by atoms with Crippen LogP contribution < -0.4 is 20.7 Å². The molecule has 8 nitrogen and oxygen atoms in total. The molecule has 0 radical (unpaired) electrons. The summed E-state index contributed by atoms with van der Waals surface area (Å²) in [5.41, 5.74) is 3.73. The minimum atomic E-state index is -0.706. The first-order chi connectivity index (χ1) is 23.2. The van der Waals surface area contributed by atoms with Crippen LogP contribution in [0.2, 0.25) is 0 Å². The predicted octanol–water partition coefficient (Wildman–Crippen LogP) is 7.34. The number of thiophene rings is 1. The molecule has 2 aromatic heterocycles. The summed E-state index contributed by atoms with van der Waals surface area (Å²) in [4.78, 5) is 37.7. The van der Waals surface area contributed by atoms with E-state index in [1.165, 1.54) is 37.0 Å². The third-order valence-corrected chi connectivity index (χ3v) is 10.1. The van der Waals surface area contributed by atoms with Gasteiger partial charge in [0.1, 0.15) is 11.8 Å². The Balaban J connectivity index is 1.20. The van der Waals surface area contributed by atoms with Crippen LogP contribution in [0.5, 0.6) is 5.75 Å². The highest BCUT2D eigenvalue weighted by atomic mass is 32.1. The predicted molar refractivity (Wildman–Crippen MR) is 195 cm³/mol. The lowest BCUT2D eigenvalue weighted by molar-refractivity contribution is -0.123. The number of rotatable bonds is 15. The second-order valence-electron chi connectivity index (χ2n) is 13.6. The summed E-state index contributed by atoms with van der Waals surface area (Å²) < 4.78 is 5.90. The lowest BCUT2D eigenvalue weighted by Gasteiger charge is -2.21. The second-order valence-corrected chi connectivity index (χ2v) is 14.7. The van der Waals surface area contributed by atoms with Gasteiger partial charge in [-0.15, -0.1) is 11.3 Å². The van der Waals surface area contributed by atoms with Gasteiger partial charge in [-0.3, -0.25) is 9.59 Å². The SMILES string of the molecule is CCCCCCCOc1ccc(-c2cnc(-c3ccc(C[C@H](NC(=O)c4ccc(C(C)(C)C)s4)C(=O)NC4CCNC4)cc3)nc2)cc1. The van der Waals surface area contributed by atoms with Crippen molar-refractivity contribution in [3.63, 3.8) is 0 Å². The van der Waals surface area contributed by atoms with Crippen LogP contribution in [0.1, 0.15) is 86.3 Å². The number of ether oxygens (including phenoxy) is 1. The number of hydrogen-bond acceptors (Lipinski definition) is 7. The quantitative estimate of drug-likeness (QED) is 0.115. The van der Waals surface area contributed by atoms with Gasteiger partial charge in [-0.05, 0) is 60.2 Å². The van der Waals surface area contributed by atoms with Crippen molar-refractivity contribution < 1.29 is 14.3 Å². The van der Waals surface area contributed by atoms with E-state index in [1.54, 1.807) is 0 Å². The fourth-order valence-corrected chi connectivity index (χ4v) is 6.64. The van der Waals surface area contributed by atoms with Crippen molar-refractivity contribution in [3.05, 3.63) is 88.4 Å². The maximum Gasteiger partial charge on any atom is 0.262 e. The maximum absolute atomic E-state index is 13.4. The van der Waals surface area contributed by atoms with Crippen LogP contribution in [0, 0.1) is 0 Å². The van der Waals surface area contributed by atoms with Crippen molar-refractivity contribution in [1.82, 2.24) is 25.9 Å². The van der Waals surface area contributed by atoms with E-state index in [4.69, 9.17) is 4.74 Å². The summed E-state index contributed by atoms with van der Waals surface area (Å²) in [5, 5.41) is 9.42. The number of hydrogen-bond donors (Lipinski definition) is 3. The third kappa shape index (κ3) is 9.97. The molecule has 5 rings (SSSR count). The molecule has 1 aliphatic heterocycles. The molecule has 3 heterocycles. The Kier molecular flexibility index (Phi) is 12.4. The van der Waals surface area contributed by atoms with Crippen molar-refractivity contribution >= 4 is 23.2 Å². The Labute approximate surface area is 289 Å². The van der Waals surface area contributed by atoms with E-state index in [1.807, 2.05) is 73.1 Å². The largest absolute Gasteiger partial charge is 0.494 e. The van der Waals surface area contributed by atoms with Crippen LogP contribution in [0.4, 0.5) is 0 Å². The Morgan fingerprint density at radius 1 is 0.917 bits per heavy atom. The molecule has 2 atom stereocenters. The van der Waals surface area contributed by atoms with E-state index in [9.17, 15) is 9.59 Å². The minimum Gasteiger partial charge on any atom is -0.494 e. The Hall–Kier alpha value is -4.08. The zero-order valence-electron chi connectivity index (χ0n) is 28.7. The molecule has 1 aliphatic rings. The molecule has 1 unspecified atom stereocenters. The topological polar surface area (TPSA) is 105 Å². The van der Waals surface area contributed by atoms with Crippen molar-refractivity contribution in [2.45, 2.75) is 90.1 Å². The first-order valence-electron chi connectivity index (χ1n) is 17.3. The number of nitrogens with zero attached hydrogens (tertiary/aromatic N) is 2. The molecular formula is C39H49N5O3S. The van der Waals surface area contributed by atoms with Gasteiger partial charge >= 0.3 is 0 Å². The van der Waals surface area contributed by atoms with E-state index in [2.05, 4.69) is 53.6 Å². The van der Waals surface area contributed by atoms with Crippen LogP contribution in [0.3, 0.4) is 0 Å². The summed E-state index contributed by atoms with van der Waals surface area (Å²) in [6.45, 7) is 11.0. The molecule has 0 saturated carbocycles. The monoisotopic (exact) mass is 667 g/mol. The molecule has 48 heavy (non-hydrogen) atoms. The van der Waals surface area contributed by atoms with Crippen molar-refractivity contribution in [3.8, 4) is 28.3 Å². The highest BCUT2D eigenvalue weighted by Crippen LogP contribution is 2.29. The number of aromatic nitrogens is 2. The van der Waals surface area contributed by atoms with E-state index >= 15 is 0 Å². The highest BCUT2D eigenvalue weighted by Gasteiger charge is 2.27. The van der Waals surface area contributed by atoms with Crippen molar-refractivity contribution in [2.75, 3.05) is 19.7 Å². The Morgan fingerprint density at radius 2 is 1.62 bits per heavy atom. The summed E-state index contributed by atoms with van der Waals surface area (Å²) in [7, 11) is 0. The number of unbranched alkanes of at least 4 members (excludes halogenated alkanes) is 4. The van der Waals surface area contributed by atoms with E-state index in [-0.39, 0.29) is 23.3 Å². The van der Waals surface area contributed by atoms with Gasteiger partial charge in [-0.1, -0.05) is 89.8 Å². The van der Waals surface area contributed by atoms with Crippen LogP contribution >= 0.6 is 11.3 Å². The van der Waals surface area contributed by atoms with Crippen LogP contribution in [-0.2, 0) is 16.6 Å². The molecule has 254 valence electrons. The third-order valence-electron chi connectivity index (χ3n) is 8.61. The van der Waals surface area contributed by atoms with E-state index in [0.29, 0.717) is 17.1 Å². The fraction of sp³-hybridized carbons (Fsp3) is 0.436. The molecule has 3 N–H and O–H groups in total. The van der Waals surface area contributed by atoms with Crippen molar-refractivity contribution in [2.24, 2.45) is 0 Å². The molecule has 9 heteroatoms. The summed E-state index contributed by atoms with van der Waals surface area (Å²) in [5.74, 6) is 1.10. The van der Waals surface area contributed by atoms with Crippen molar-refractivity contribution in [1.29, 1.82) is 0 Å².